The van der Waals surface area contributed by atoms with E-state index in [1.807, 2.05) is 32.0 Å². The van der Waals surface area contributed by atoms with Gasteiger partial charge in [0.05, 0.1) is 24.1 Å². The summed E-state index contributed by atoms with van der Waals surface area (Å²) in [6, 6.07) is 7.15. The van der Waals surface area contributed by atoms with Gasteiger partial charge < -0.3 is 15.5 Å². The normalized spacial score (nSPS) is 16.8. The first-order valence-electron chi connectivity index (χ1n) is 8.27. The minimum absolute atomic E-state index is 0.118. The van der Waals surface area contributed by atoms with E-state index in [1.54, 1.807) is 23.4 Å². The Hall–Kier alpha value is -2.96. The zero-order chi connectivity index (χ0) is 17.8. The van der Waals surface area contributed by atoms with Crippen LogP contribution in [0.2, 0.25) is 0 Å². The van der Waals surface area contributed by atoms with E-state index in [0.29, 0.717) is 24.3 Å². The van der Waals surface area contributed by atoms with E-state index < -0.39 is 0 Å². The van der Waals surface area contributed by atoms with Crippen molar-refractivity contribution >= 4 is 23.3 Å². The van der Waals surface area contributed by atoms with E-state index in [-0.39, 0.29) is 18.0 Å². The van der Waals surface area contributed by atoms with Crippen molar-refractivity contribution in [3.63, 3.8) is 0 Å². The van der Waals surface area contributed by atoms with Gasteiger partial charge in [0, 0.05) is 30.0 Å². The lowest BCUT2D eigenvalue weighted by molar-refractivity contribution is -0.117. The molecule has 1 aliphatic rings. The molecule has 0 unspecified atom stereocenters. The Balaban J connectivity index is 1.60. The molecule has 1 atom stereocenters. The molecule has 2 heterocycles. The second-order valence-corrected chi connectivity index (χ2v) is 6.16. The molecule has 0 bridgehead atoms. The number of benzene rings is 1. The van der Waals surface area contributed by atoms with Crippen LogP contribution in [0, 0.1) is 6.92 Å². The standard InChI is InChI=1S/C18H21N5O2/c1-12-9-20-15(10-19-12)11-21-18(25)22-14-4-3-5-16(8-14)23-13(2)6-7-17(23)24/h3-5,8-10,13H,6-7,11H2,1-2H3,(H2,21,22,25)/t13-/m0/s1. The molecule has 130 valence electrons. The highest BCUT2D eigenvalue weighted by Crippen LogP contribution is 2.28. The number of rotatable bonds is 4. The van der Waals surface area contributed by atoms with Gasteiger partial charge in [-0.2, -0.15) is 0 Å². The van der Waals surface area contributed by atoms with E-state index in [0.717, 1.165) is 17.8 Å². The van der Waals surface area contributed by atoms with Crippen molar-refractivity contribution in [3.05, 3.63) is 48.0 Å². The average Bonchev–Trinajstić information content (AvgIpc) is 2.93. The van der Waals surface area contributed by atoms with E-state index in [2.05, 4.69) is 20.6 Å². The lowest BCUT2D eigenvalue weighted by atomic mass is 10.2. The Labute approximate surface area is 146 Å². The first-order valence-corrected chi connectivity index (χ1v) is 8.27. The van der Waals surface area contributed by atoms with E-state index in [4.69, 9.17) is 0 Å². The number of nitrogens with one attached hydrogen (secondary N) is 2. The van der Waals surface area contributed by atoms with Crippen LogP contribution in [0.15, 0.2) is 36.7 Å². The van der Waals surface area contributed by atoms with Crippen LogP contribution in [0.1, 0.15) is 31.2 Å². The molecule has 3 rings (SSSR count). The lowest BCUT2D eigenvalue weighted by Crippen LogP contribution is -2.31. The van der Waals surface area contributed by atoms with Gasteiger partial charge in [-0.3, -0.25) is 14.8 Å². The van der Waals surface area contributed by atoms with E-state index in [1.165, 1.54) is 0 Å². The number of hydrogen-bond acceptors (Lipinski definition) is 4. The van der Waals surface area contributed by atoms with Crippen LogP contribution in [-0.2, 0) is 11.3 Å². The van der Waals surface area contributed by atoms with Crippen LogP contribution in [0.3, 0.4) is 0 Å². The Morgan fingerprint density at radius 2 is 2.16 bits per heavy atom. The topological polar surface area (TPSA) is 87.2 Å². The number of urea groups is 1. The molecule has 7 nitrogen and oxygen atoms in total. The maximum Gasteiger partial charge on any atom is 0.319 e. The minimum Gasteiger partial charge on any atom is -0.332 e. The largest absolute Gasteiger partial charge is 0.332 e. The molecule has 1 saturated heterocycles. The summed E-state index contributed by atoms with van der Waals surface area (Å²) in [5.41, 5.74) is 2.95. The summed E-state index contributed by atoms with van der Waals surface area (Å²) in [6.45, 7) is 4.18. The molecule has 25 heavy (non-hydrogen) atoms. The predicted octanol–water partition coefficient (Wildman–Crippen LogP) is 2.62. The monoisotopic (exact) mass is 339 g/mol. The van der Waals surface area contributed by atoms with Gasteiger partial charge in [0.1, 0.15) is 0 Å². The molecule has 0 saturated carbocycles. The molecule has 0 radical (unpaired) electrons. The number of nitrogens with zero attached hydrogens (tertiary/aromatic N) is 3. The number of aryl methyl sites for hydroxylation is 1. The Kier molecular flexibility index (Phi) is 4.92. The third-order valence-corrected chi connectivity index (χ3v) is 4.13. The summed E-state index contributed by atoms with van der Waals surface area (Å²) < 4.78 is 0. The average molecular weight is 339 g/mol. The zero-order valence-corrected chi connectivity index (χ0v) is 14.3. The molecule has 1 fully saturated rings. The molecule has 1 aromatic carbocycles. The van der Waals surface area contributed by atoms with Crippen molar-refractivity contribution in [1.29, 1.82) is 0 Å². The van der Waals surface area contributed by atoms with Crippen molar-refractivity contribution in [2.24, 2.45) is 0 Å². The van der Waals surface area contributed by atoms with Gasteiger partial charge in [-0.25, -0.2) is 4.79 Å². The molecular weight excluding hydrogens is 318 g/mol. The van der Waals surface area contributed by atoms with Gasteiger partial charge in [0.15, 0.2) is 0 Å². The van der Waals surface area contributed by atoms with Gasteiger partial charge in [-0.15, -0.1) is 0 Å². The Bertz CT molecular complexity index is 775. The van der Waals surface area contributed by atoms with Gasteiger partial charge in [-0.1, -0.05) is 6.07 Å². The van der Waals surface area contributed by atoms with Crippen LogP contribution in [-0.4, -0.2) is 27.9 Å². The fraction of sp³-hybridized carbons (Fsp3) is 0.333. The smallest absolute Gasteiger partial charge is 0.319 e. The first kappa shape index (κ1) is 16.9. The Morgan fingerprint density at radius 3 is 2.84 bits per heavy atom. The molecule has 2 N–H and O–H groups in total. The summed E-state index contributed by atoms with van der Waals surface area (Å²) in [6.07, 6.45) is 4.72. The fourth-order valence-electron chi connectivity index (χ4n) is 2.82. The maximum absolute atomic E-state index is 12.1. The van der Waals surface area contributed by atoms with Crippen molar-refractivity contribution in [2.45, 2.75) is 39.3 Å². The molecule has 2 aromatic rings. The van der Waals surface area contributed by atoms with Gasteiger partial charge in [-0.05, 0) is 38.5 Å². The molecular formula is C18H21N5O2. The molecule has 3 amide bonds. The summed E-state index contributed by atoms with van der Waals surface area (Å²) in [5, 5.41) is 5.52. The number of carbonyl (C=O) groups excluding carboxylic acids is 2. The molecule has 7 heteroatoms. The van der Waals surface area contributed by atoms with Crippen molar-refractivity contribution in [1.82, 2.24) is 15.3 Å². The number of hydrogen-bond donors (Lipinski definition) is 2. The number of amides is 3. The third-order valence-electron chi connectivity index (χ3n) is 4.13. The van der Waals surface area contributed by atoms with Gasteiger partial charge in [0.25, 0.3) is 0 Å². The highest BCUT2D eigenvalue weighted by atomic mass is 16.2. The SMILES string of the molecule is Cc1cnc(CNC(=O)Nc2cccc(N3C(=O)CC[C@@H]3C)c2)cn1. The van der Waals surface area contributed by atoms with Crippen molar-refractivity contribution in [3.8, 4) is 0 Å². The van der Waals surface area contributed by atoms with Crippen LogP contribution < -0.4 is 15.5 Å². The number of anilines is 2. The third kappa shape index (κ3) is 4.12. The zero-order valence-electron chi connectivity index (χ0n) is 14.3. The molecule has 0 aliphatic carbocycles. The van der Waals surface area contributed by atoms with Crippen LogP contribution in [0.4, 0.5) is 16.2 Å². The number of aromatic nitrogens is 2. The van der Waals surface area contributed by atoms with Gasteiger partial charge in [0.2, 0.25) is 5.91 Å². The quantitative estimate of drug-likeness (QED) is 0.896. The minimum atomic E-state index is -0.333. The van der Waals surface area contributed by atoms with E-state index >= 15 is 0 Å². The summed E-state index contributed by atoms with van der Waals surface area (Å²) in [7, 11) is 0. The van der Waals surface area contributed by atoms with Crippen LogP contribution in [0.25, 0.3) is 0 Å². The van der Waals surface area contributed by atoms with Gasteiger partial charge >= 0.3 is 6.03 Å². The summed E-state index contributed by atoms with van der Waals surface area (Å²) >= 11 is 0. The second-order valence-electron chi connectivity index (χ2n) is 6.16. The first-order chi connectivity index (χ1) is 12.0. The van der Waals surface area contributed by atoms with Crippen molar-refractivity contribution < 1.29 is 9.59 Å². The van der Waals surface area contributed by atoms with Crippen molar-refractivity contribution in [2.75, 3.05) is 10.2 Å². The Morgan fingerprint density at radius 1 is 1.32 bits per heavy atom. The lowest BCUT2D eigenvalue weighted by Gasteiger charge is -2.22. The highest BCUT2D eigenvalue weighted by molar-refractivity contribution is 5.97. The fourth-order valence-corrected chi connectivity index (χ4v) is 2.82. The highest BCUT2D eigenvalue weighted by Gasteiger charge is 2.28. The summed E-state index contributed by atoms with van der Waals surface area (Å²) in [5.74, 6) is 0.118. The molecule has 1 aliphatic heterocycles. The predicted molar refractivity (Wildman–Crippen MR) is 95.3 cm³/mol. The summed E-state index contributed by atoms with van der Waals surface area (Å²) in [4.78, 5) is 34.2. The van der Waals surface area contributed by atoms with Crippen LogP contribution >= 0.6 is 0 Å². The second kappa shape index (κ2) is 7.29. The van der Waals surface area contributed by atoms with Crippen LogP contribution in [0.5, 0.6) is 0 Å². The van der Waals surface area contributed by atoms with E-state index in [9.17, 15) is 9.59 Å². The molecule has 0 spiro atoms. The molecule has 1 aromatic heterocycles. The maximum atomic E-state index is 12.1. The number of carbonyl (C=O) groups is 2.